The van der Waals surface area contributed by atoms with Gasteiger partial charge in [-0.25, -0.2) is 0 Å². The van der Waals surface area contributed by atoms with E-state index in [-0.39, 0.29) is 5.91 Å². The largest absolute Gasteiger partial charge is 0.338 e. The summed E-state index contributed by atoms with van der Waals surface area (Å²) >= 11 is 1.76. The van der Waals surface area contributed by atoms with Gasteiger partial charge in [-0.3, -0.25) is 4.79 Å². The molecule has 1 rings (SSSR count). The Hall–Kier alpha value is -0.220. The minimum atomic E-state index is 0.286. The van der Waals surface area contributed by atoms with Crippen LogP contribution in [0.3, 0.4) is 0 Å². The Morgan fingerprint density at radius 2 is 2.24 bits per heavy atom. The first-order valence-electron chi connectivity index (χ1n) is 6.72. The van der Waals surface area contributed by atoms with E-state index in [1.807, 2.05) is 4.90 Å². The molecule has 0 aromatic carbocycles. The van der Waals surface area contributed by atoms with Gasteiger partial charge in [-0.2, -0.15) is 11.8 Å². The highest BCUT2D eigenvalue weighted by Crippen LogP contribution is 2.18. The fourth-order valence-corrected chi connectivity index (χ4v) is 3.26. The van der Waals surface area contributed by atoms with Crippen LogP contribution in [0.2, 0.25) is 0 Å². The molecule has 1 atom stereocenters. The molecular weight excluding hydrogens is 232 g/mol. The number of rotatable bonds is 6. The molecule has 1 saturated heterocycles. The summed E-state index contributed by atoms with van der Waals surface area (Å²) in [5, 5.41) is 0. The number of nitrogens with zero attached hydrogens (tertiary/aromatic N) is 1. The van der Waals surface area contributed by atoms with Gasteiger partial charge in [0.15, 0.2) is 0 Å². The molecule has 0 radical (unpaired) electrons. The third kappa shape index (κ3) is 5.30. The summed E-state index contributed by atoms with van der Waals surface area (Å²) in [6.45, 7) is 5.96. The minimum absolute atomic E-state index is 0.286. The number of likely N-dealkylation sites (tertiary alicyclic amines) is 1. The van der Waals surface area contributed by atoms with Crippen LogP contribution in [0.5, 0.6) is 0 Å². The quantitative estimate of drug-likeness (QED) is 0.742. The number of amides is 1. The predicted octanol–water partition coefficient (Wildman–Crippen LogP) is 2.11. The maximum atomic E-state index is 12.1. The Kier molecular flexibility index (Phi) is 6.97. The second kappa shape index (κ2) is 7.98. The average molecular weight is 258 g/mol. The molecule has 1 aliphatic rings. The highest BCUT2D eigenvalue weighted by Gasteiger charge is 2.24. The van der Waals surface area contributed by atoms with Gasteiger partial charge in [0.25, 0.3) is 0 Å². The summed E-state index contributed by atoms with van der Waals surface area (Å²) in [5.41, 5.74) is 5.73. The molecule has 1 fully saturated rings. The topological polar surface area (TPSA) is 46.3 Å². The standard InChI is InChI=1S/C13H26N2OS/c1-11(2)6-8-17-10-13(16)15-7-4-3-5-12(15)9-14/h11-12H,3-10,14H2,1-2H3. The Morgan fingerprint density at radius 3 is 2.88 bits per heavy atom. The van der Waals surface area contributed by atoms with Crippen LogP contribution in [0.4, 0.5) is 0 Å². The van der Waals surface area contributed by atoms with Gasteiger partial charge < -0.3 is 10.6 Å². The third-order valence-electron chi connectivity index (χ3n) is 3.28. The van der Waals surface area contributed by atoms with Crippen molar-refractivity contribution in [1.29, 1.82) is 0 Å². The molecule has 0 aromatic heterocycles. The summed E-state index contributed by atoms with van der Waals surface area (Å²) in [6, 6.07) is 0.293. The number of carbonyl (C=O) groups excluding carboxylic acids is 1. The molecule has 4 heteroatoms. The van der Waals surface area contributed by atoms with Crippen molar-refractivity contribution in [2.24, 2.45) is 11.7 Å². The van der Waals surface area contributed by atoms with Gasteiger partial charge in [0.05, 0.1) is 5.75 Å². The molecule has 1 heterocycles. The van der Waals surface area contributed by atoms with Crippen molar-refractivity contribution in [1.82, 2.24) is 4.90 Å². The molecule has 1 unspecified atom stereocenters. The van der Waals surface area contributed by atoms with E-state index >= 15 is 0 Å². The Morgan fingerprint density at radius 1 is 1.47 bits per heavy atom. The van der Waals surface area contributed by atoms with E-state index in [2.05, 4.69) is 13.8 Å². The normalized spacial score (nSPS) is 20.9. The van der Waals surface area contributed by atoms with Crippen molar-refractivity contribution in [2.75, 3.05) is 24.6 Å². The van der Waals surface area contributed by atoms with E-state index in [0.29, 0.717) is 18.3 Å². The van der Waals surface area contributed by atoms with Crippen LogP contribution >= 0.6 is 11.8 Å². The van der Waals surface area contributed by atoms with Gasteiger partial charge >= 0.3 is 0 Å². The maximum absolute atomic E-state index is 12.1. The number of thioether (sulfide) groups is 1. The number of hydrogen-bond acceptors (Lipinski definition) is 3. The van der Waals surface area contributed by atoms with Crippen LogP contribution in [0, 0.1) is 5.92 Å². The molecule has 100 valence electrons. The van der Waals surface area contributed by atoms with E-state index in [4.69, 9.17) is 5.73 Å². The van der Waals surface area contributed by atoms with Crippen molar-refractivity contribution in [3.8, 4) is 0 Å². The van der Waals surface area contributed by atoms with Crippen LogP contribution < -0.4 is 5.73 Å². The van der Waals surface area contributed by atoms with Gasteiger partial charge in [-0.05, 0) is 37.4 Å². The number of carbonyl (C=O) groups is 1. The van der Waals surface area contributed by atoms with Crippen LogP contribution in [0.15, 0.2) is 0 Å². The predicted molar refractivity (Wildman–Crippen MR) is 75.2 cm³/mol. The number of piperidine rings is 1. The molecule has 0 bridgehead atoms. The van der Waals surface area contributed by atoms with Crippen molar-refractivity contribution >= 4 is 17.7 Å². The van der Waals surface area contributed by atoms with Crippen molar-refractivity contribution < 1.29 is 4.79 Å². The van der Waals surface area contributed by atoms with Crippen molar-refractivity contribution in [3.05, 3.63) is 0 Å². The molecule has 0 saturated carbocycles. The lowest BCUT2D eigenvalue weighted by Crippen LogP contribution is -2.48. The molecule has 1 amide bonds. The van der Waals surface area contributed by atoms with Gasteiger partial charge in [0, 0.05) is 19.1 Å². The summed E-state index contributed by atoms with van der Waals surface area (Å²) in [7, 11) is 0. The van der Waals surface area contributed by atoms with Gasteiger partial charge in [0.2, 0.25) is 5.91 Å². The average Bonchev–Trinajstić information content (AvgIpc) is 2.34. The first kappa shape index (κ1) is 14.8. The van der Waals surface area contributed by atoms with E-state index in [1.165, 1.54) is 12.8 Å². The highest BCUT2D eigenvalue weighted by molar-refractivity contribution is 7.99. The van der Waals surface area contributed by atoms with E-state index in [0.717, 1.165) is 31.1 Å². The molecular formula is C13H26N2OS. The van der Waals surface area contributed by atoms with E-state index in [9.17, 15) is 4.79 Å². The highest BCUT2D eigenvalue weighted by atomic mass is 32.2. The molecule has 17 heavy (non-hydrogen) atoms. The van der Waals surface area contributed by atoms with E-state index < -0.39 is 0 Å². The van der Waals surface area contributed by atoms with Gasteiger partial charge in [-0.1, -0.05) is 13.8 Å². The zero-order chi connectivity index (χ0) is 12.7. The van der Waals surface area contributed by atoms with Crippen LogP contribution in [-0.4, -0.2) is 41.4 Å². The smallest absolute Gasteiger partial charge is 0.232 e. The Labute approximate surface area is 109 Å². The fourth-order valence-electron chi connectivity index (χ4n) is 2.14. The molecule has 0 aliphatic carbocycles. The van der Waals surface area contributed by atoms with Crippen molar-refractivity contribution in [2.45, 2.75) is 45.6 Å². The zero-order valence-electron chi connectivity index (χ0n) is 11.2. The lowest BCUT2D eigenvalue weighted by molar-refractivity contribution is -0.131. The van der Waals surface area contributed by atoms with Crippen molar-refractivity contribution in [3.63, 3.8) is 0 Å². The molecule has 2 N–H and O–H groups in total. The van der Waals surface area contributed by atoms with Gasteiger partial charge in [-0.15, -0.1) is 0 Å². The Bertz CT molecular complexity index is 233. The molecule has 0 spiro atoms. The zero-order valence-corrected chi connectivity index (χ0v) is 12.0. The summed E-state index contributed by atoms with van der Waals surface area (Å²) in [4.78, 5) is 14.1. The van der Waals surface area contributed by atoms with Gasteiger partial charge in [0.1, 0.15) is 0 Å². The SMILES string of the molecule is CC(C)CCSCC(=O)N1CCCCC1CN. The first-order chi connectivity index (χ1) is 8.15. The fraction of sp³-hybridized carbons (Fsp3) is 0.923. The van der Waals surface area contributed by atoms with Crippen LogP contribution in [0.1, 0.15) is 39.5 Å². The summed E-state index contributed by atoms with van der Waals surface area (Å²) in [5.74, 6) is 2.73. The second-order valence-electron chi connectivity index (χ2n) is 5.21. The first-order valence-corrected chi connectivity index (χ1v) is 7.88. The second-order valence-corrected chi connectivity index (χ2v) is 6.31. The lowest BCUT2D eigenvalue weighted by Gasteiger charge is -2.35. The molecule has 0 aromatic rings. The number of nitrogens with two attached hydrogens (primary N) is 1. The van der Waals surface area contributed by atoms with E-state index in [1.54, 1.807) is 11.8 Å². The lowest BCUT2D eigenvalue weighted by atomic mass is 10.0. The van der Waals surface area contributed by atoms with Crippen LogP contribution in [-0.2, 0) is 4.79 Å². The minimum Gasteiger partial charge on any atom is -0.338 e. The third-order valence-corrected chi connectivity index (χ3v) is 4.26. The maximum Gasteiger partial charge on any atom is 0.232 e. The van der Waals surface area contributed by atoms with Crippen LogP contribution in [0.25, 0.3) is 0 Å². The Balaban J connectivity index is 2.25. The summed E-state index contributed by atoms with van der Waals surface area (Å²) < 4.78 is 0. The molecule has 1 aliphatic heterocycles. The molecule has 3 nitrogen and oxygen atoms in total. The summed E-state index contributed by atoms with van der Waals surface area (Å²) in [6.07, 6.45) is 4.63. The monoisotopic (exact) mass is 258 g/mol. The number of hydrogen-bond donors (Lipinski definition) is 1.